The van der Waals surface area contributed by atoms with E-state index in [1.807, 2.05) is 6.07 Å². The Morgan fingerprint density at radius 3 is 3.00 bits per heavy atom. The summed E-state index contributed by atoms with van der Waals surface area (Å²) in [5.74, 6) is 0. The molecule has 0 aromatic carbocycles. The predicted molar refractivity (Wildman–Crippen MR) is 46.1 cm³/mol. The van der Waals surface area contributed by atoms with Gasteiger partial charge in [-0.05, 0) is 11.6 Å². The van der Waals surface area contributed by atoms with Crippen LogP contribution in [-0.4, -0.2) is 4.98 Å². The lowest BCUT2D eigenvalue weighted by atomic mass is 10.1. The van der Waals surface area contributed by atoms with E-state index in [-0.39, 0.29) is 6.04 Å². The summed E-state index contributed by atoms with van der Waals surface area (Å²) in [6, 6.07) is 3.46. The average Bonchev–Trinajstić information content (AvgIpc) is 2.17. The largest absolute Gasteiger partial charge is 0.321 e. The third-order valence-corrected chi connectivity index (χ3v) is 1.53. The van der Waals surface area contributed by atoms with E-state index in [2.05, 4.69) is 11.6 Å². The second kappa shape index (κ2) is 3.65. The summed E-state index contributed by atoms with van der Waals surface area (Å²) in [5, 5.41) is 8.56. The molecule has 1 atom stereocenters. The molecule has 3 nitrogen and oxygen atoms in total. The lowest BCUT2D eigenvalue weighted by Crippen LogP contribution is -2.06. The Kier molecular flexibility index (Phi) is 2.57. The van der Waals surface area contributed by atoms with Gasteiger partial charge in [0.05, 0.1) is 5.56 Å². The summed E-state index contributed by atoms with van der Waals surface area (Å²) in [7, 11) is 0. The number of rotatable bonds is 2. The normalized spacial score (nSPS) is 11.7. The molecule has 0 radical (unpaired) electrons. The Morgan fingerprint density at radius 1 is 1.67 bits per heavy atom. The molecule has 3 heteroatoms. The van der Waals surface area contributed by atoms with Gasteiger partial charge in [0.25, 0.3) is 0 Å². The van der Waals surface area contributed by atoms with Gasteiger partial charge in [0.1, 0.15) is 6.07 Å². The van der Waals surface area contributed by atoms with Gasteiger partial charge in [-0.1, -0.05) is 6.08 Å². The third kappa shape index (κ3) is 1.68. The van der Waals surface area contributed by atoms with Crippen molar-refractivity contribution in [3.63, 3.8) is 0 Å². The van der Waals surface area contributed by atoms with Crippen molar-refractivity contribution < 1.29 is 0 Å². The van der Waals surface area contributed by atoms with E-state index >= 15 is 0 Å². The summed E-state index contributed by atoms with van der Waals surface area (Å²) in [6.07, 6.45) is 4.74. The number of nitriles is 1. The maximum Gasteiger partial charge on any atom is 0.101 e. The minimum atomic E-state index is -0.245. The summed E-state index contributed by atoms with van der Waals surface area (Å²) in [5.41, 5.74) is 6.98. The van der Waals surface area contributed by atoms with Crippen LogP contribution >= 0.6 is 0 Å². The van der Waals surface area contributed by atoms with Crippen LogP contribution in [0.2, 0.25) is 0 Å². The van der Waals surface area contributed by atoms with Crippen LogP contribution in [0.3, 0.4) is 0 Å². The zero-order chi connectivity index (χ0) is 8.97. The predicted octanol–water partition coefficient (Wildman–Crippen LogP) is 1.14. The first-order valence-corrected chi connectivity index (χ1v) is 3.51. The zero-order valence-electron chi connectivity index (χ0n) is 6.57. The van der Waals surface area contributed by atoms with E-state index < -0.39 is 0 Å². The van der Waals surface area contributed by atoms with Crippen LogP contribution in [0.25, 0.3) is 0 Å². The van der Waals surface area contributed by atoms with E-state index in [4.69, 9.17) is 11.0 Å². The fourth-order valence-electron chi connectivity index (χ4n) is 0.837. The third-order valence-electron chi connectivity index (χ3n) is 1.53. The Labute approximate surface area is 71.2 Å². The average molecular weight is 159 g/mol. The molecule has 2 N–H and O–H groups in total. The first kappa shape index (κ1) is 8.44. The van der Waals surface area contributed by atoms with Crippen LogP contribution < -0.4 is 5.73 Å². The van der Waals surface area contributed by atoms with Gasteiger partial charge in [0.2, 0.25) is 0 Å². The monoisotopic (exact) mass is 159 g/mol. The topological polar surface area (TPSA) is 62.7 Å². The number of hydrogen-bond donors (Lipinski definition) is 1. The highest BCUT2D eigenvalue weighted by Gasteiger charge is 2.01. The number of aromatic nitrogens is 1. The lowest BCUT2D eigenvalue weighted by molar-refractivity contribution is 0.902. The first-order chi connectivity index (χ1) is 5.77. The molecule has 1 unspecified atom stereocenters. The van der Waals surface area contributed by atoms with Gasteiger partial charge in [-0.3, -0.25) is 4.98 Å². The van der Waals surface area contributed by atoms with Crippen molar-refractivity contribution in [2.75, 3.05) is 0 Å². The number of pyridine rings is 1. The van der Waals surface area contributed by atoms with Crippen molar-refractivity contribution in [2.24, 2.45) is 5.73 Å². The molecular weight excluding hydrogens is 150 g/mol. The molecule has 1 heterocycles. The number of hydrogen-bond acceptors (Lipinski definition) is 3. The highest BCUT2D eigenvalue weighted by molar-refractivity contribution is 5.31. The molecule has 0 aliphatic rings. The van der Waals surface area contributed by atoms with Gasteiger partial charge in [0.15, 0.2) is 0 Å². The van der Waals surface area contributed by atoms with Crippen LogP contribution in [0, 0.1) is 11.3 Å². The van der Waals surface area contributed by atoms with Gasteiger partial charge < -0.3 is 5.73 Å². The summed E-state index contributed by atoms with van der Waals surface area (Å²) < 4.78 is 0. The van der Waals surface area contributed by atoms with Crippen LogP contribution in [0.5, 0.6) is 0 Å². The van der Waals surface area contributed by atoms with Gasteiger partial charge in [-0.25, -0.2) is 0 Å². The molecule has 0 aliphatic heterocycles. The quantitative estimate of drug-likeness (QED) is 0.658. The van der Waals surface area contributed by atoms with Crippen molar-refractivity contribution >= 4 is 0 Å². The second-order valence-electron chi connectivity index (χ2n) is 2.38. The Morgan fingerprint density at radius 2 is 2.42 bits per heavy atom. The van der Waals surface area contributed by atoms with Crippen molar-refractivity contribution in [1.82, 2.24) is 4.98 Å². The van der Waals surface area contributed by atoms with Crippen LogP contribution in [0.1, 0.15) is 17.2 Å². The maximum absolute atomic E-state index is 8.56. The minimum absolute atomic E-state index is 0.245. The molecule has 1 aromatic heterocycles. The molecule has 0 amide bonds. The lowest BCUT2D eigenvalue weighted by Gasteiger charge is -2.04. The molecule has 0 fully saturated rings. The van der Waals surface area contributed by atoms with Crippen molar-refractivity contribution in [1.29, 1.82) is 5.26 Å². The fraction of sp³-hybridized carbons (Fsp3) is 0.111. The zero-order valence-corrected chi connectivity index (χ0v) is 6.57. The fourth-order valence-corrected chi connectivity index (χ4v) is 0.837. The maximum atomic E-state index is 8.56. The van der Waals surface area contributed by atoms with Gasteiger partial charge in [0, 0.05) is 18.4 Å². The van der Waals surface area contributed by atoms with E-state index in [9.17, 15) is 0 Å². The highest BCUT2D eigenvalue weighted by Crippen LogP contribution is 2.10. The SMILES string of the molecule is C=CC(N)c1cncc(C#N)c1. The summed E-state index contributed by atoms with van der Waals surface area (Å²) >= 11 is 0. The van der Waals surface area contributed by atoms with Gasteiger partial charge in [-0.2, -0.15) is 5.26 Å². The molecule has 0 saturated carbocycles. The summed E-state index contributed by atoms with van der Waals surface area (Å²) in [6.45, 7) is 3.56. The Hall–Kier alpha value is -1.66. The second-order valence-corrected chi connectivity index (χ2v) is 2.38. The molecule has 0 bridgehead atoms. The molecule has 12 heavy (non-hydrogen) atoms. The van der Waals surface area contributed by atoms with E-state index in [0.717, 1.165) is 5.56 Å². The van der Waals surface area contributed by atoms with E-state index in [1.54, 1.807) is 18.3 Å². The molecule has 0 saturated heterocycles. The van der Waals surface area contributed by atoms with Crippen molar-refractivity contribution in [3.8, 4) is 6.07 Å². The highest BCUT2D eigenvalue weighted by atomic mass is 14.7. The minimum Gasteiger partial charge on any atom is -0.321 e. The first-order valence-electron chi connectivity index (χ1n) is 3.51. The molecule has 0 spiro atoms. The Bertz CT molecular complexity index is 325. The molecular formula is C9H9N3. The van der Waals surface area contributed by atoms with E-state index in [1.165, 1.54) is 6.20 Å². The number of nitrogens with two attached hydrogens (primary N) is 1. The molecule has 60 valence electrons. The van der Waals surface area contributed by atoms with Crippen molar-refractivity contribution in [2.45, 2.75) is 6.04 Å². The standard InChI is InChI=1S/C9H9N3/c1-2-9(11)8-3-7(4-10)5-12-6-8/h2-3,5-6,9H,1,11H2. The molecule has 1 rings (SSSR count). The van der Waals surface area contributed by atoms with Crippen molar-refractivity contribution in [3.05, 3.63) is 42.2 Å². The smallest absolute Gasteiger partial charge is 0.101 e. The van der Waals surface area contributed by atoms with Gasteiger partial charge >= 0.3 is 0 Å². The Balaban J connectivity index is 3.03. The van der Waals surface area contributed by atoms with Crippen LogP contribution in [-0.2, 0) is 0 Å². The molecule has 1 aromatic rings. The molecule has 0 aliphatic carbocycles. The van der Waals surface area contributed by atoms with Gasteiger partial charge in [-0.15, -0.1) is 6.58 Å². The van der Waals surface area contributed by atoms with Crippen LogP contribution in [0.4, 0.5) is 0 Å². The van der Waals surface area contributed by atoms with Crippen LogP contribution in [0.15, 0.2) is 31.1 Å². The summed E-state index contributed by atoms with van der Waals surface area (Å²) in [4.78, 5) is 3.87. The number of nitrogens with zero attached hydrogens (tertiary/aromatic N) is 2. The van der Waals surface area contributed by atoms with E-state index in [0.29, 0.717) is 5.56 Å².